The van der Waals surface area contributed by atoms with E-state index in [1.807, 2.05) is 30.5 Å². The highest BCUT2D eigenvalue weighted by atomic mass is 35.5. The fraction of sp³-hybridized carbons (Fsp3) is 0.238. The van der Waals surface area contributed by atoms with Crippen LogP contribution < -0.4 is 19.5 Å². The van der Waals surface area contributed by atoms with E-state index < -0.39 is 0 Å². The number of ether oxygens (including phenoxy) is 3. The van der Waals surface area contributed by atoms with E-state index in [-0.39, 0.29) is 5.91 Å². The molecule has 3 aromatic rings. The minimum atomic E-state index is -0.320. The molecular formula is C21H19ClN2O4S. The van der Waals surface area contributed by atoms with E-state index in [0.717, 1.165) is 29.0 Å². The second-order valence-corrected chi connectivity index (χ2v) is 7.80. The zero-order valence-corrected chi connectivity index (χ0v) is 17.5. The Morgan fingerprint density at radius 3 is 2.90 bits per heavy atom. The Morgan fingerprint density at radius 2 is 2.07 bits per heavy atom. The Bertz CT molecular complexity index is 1070. The lowest BCUT2D eigenvalue weighted by atomic mass is 10.1. The molecule has 1 amide bonds. The van der Waals surface area contributed by atoms with E-state index in [9.17, 15) is 4.79 Å². The predicted molar refractivity (Wildman–Crippen MR) is 114 cm³/mol. The van der Waals surface area contributed by atoms with Crippen molar-refractivity contribution in [2.24, 2.45) is 0 Å². The molecule has 6 nitrogen and oxygen atoms in total. The number of aromatic nitrogens is 1. The number of thiazole rings is 1. The maximum Gasteiger partial charge on any atom is 0.257 e. The number of hydrogen-bond donors (Lipinski definition) is 1. The number of anilines is 1. The van der Waals surface area contributed by atoms with Gasteiger partial charge in [0.05, 0.1) is 31.0 Å². The number of nitrogens with one attached hydrogen (secondary N) is 1. The van der Waals surface area contributed by atoms with Gasteiger partial charge in [-0.05, 0) is 31.2 Å². The molecule has 0 unspecified atom stereocenters. The molecule has 150 valence electrons. The predicted octanol–water partition coefficient (Wildman–Crippen LogP) is 5.19. The quantitative estimate of drug-likeness (QED) is 0.616. The lowest BCUT2D eigenvalue weighted by Gasteiger charge is -2.11. The standard InChI is InChI=1S/C21H19ClN2O4S/c1-12-4-5-17(26-2)14(8-12)16-11-29-21(23-16)24-20(25)13-9-15(22)19-18(10-13)27-6-3-7-28-19/h4-5,8-11H,3,6-7H2,1-2H3,(H,23,24,25). The van der Waals surface area contributed by atoms with Gasteiger partial charge in [0.2, 0.25) is 0 Å². The Hall–Kier alpha value is -2.77. The highest BCUT2D eigenvalue weighted by Gasteiger charge is 2.19. The highest BCUT2D eigenvalue weighted by Crippen LogP contribution is 2.38. The molecule has 2 heterocycles. The highest BCUT2D eigenvalue weighted by molar-refractivity contribution is 7.14. The summed E-state index contributed by atoms with van der Waals surface area (Å²) in [5, 5.41) is 5.53. The lowest BCUT2D eigenvalue weighted by molar-refractivity contribution is 0.102. The van der Waals surface area contributed by atoms with Crippen molar-refractivity contribution in [3.05, 3.63) is 51.9 Å². The van der Waals surface area contributed by atoms with Crippen molar-refractivity contribution in [1.82, 2.24) is 4.98 Å². The van der Waals surface area contributed by atoms with Crippen molar-refractivity contribution in [1.29, 1.82) is 0 Å². The van der Waals surface area contributed by atoms with Gasteiger partial charge in [-0.25, -0.2) is 4.98 Å². The monoisotopic (exact) mass is 430 g/mol. The number of rotatable bonds is 4. The molecule has 0 bridgehead atoms. The second kappa shape index (κ2) is 8.31. The van der Waals surface area contributed by atoms with Gasteiger partial charge in [-0.2, -0.15) is 0 Å². The van der Waals surface area contributed by atoms with Crippen molar-refractivity contribution >= 4 is 34.0 Å². The Morgan fingerprint density at radius 1 is 1.24 bits per heavy atom. The molecule has 1 N–H and O–H groups in total. The van der Waals surface area contributed by atoms with Gasteiger partial charge < -0.3 is 14.2 Å². The number of hydrogen-bond acceptors (Lipinski definition) is 6. The fourth-order valence-corrected chi connectivity index (χ4v) is 3.98. The van der Waals surface area contributed by atoms with E-state index >= 15 is 0 Å². The van der Waals surface area contributed by atoms with Crippen LogP contribution in [0.5, 0.6) is 17.2 Å². The van der Waals surface area contributed by atoms with Gasteiger partial charge in [-0.1, -0.05) is 23.2 Å². The number of carbonyl (C=O) groups is 1. The maximum atomic E-state index is 12.7. The van der Waals surface area contributed by atoms with Crippen LogP contribution in [-0.4, -0.2) is 31.2 Å². The number of nitrogens with zero attached hydrogens (tertiary/aromatic N) is 1. The van der Waals surface area contributed by atoms with E-state index in [1.54, 1.807) is 19.2 Å². The second-order valence-electron chi connectivity index (χ2n) is 6.53. The van der Waals surface area contributed by atoms with Crippen LogP contribution in [0, 0.1) is 6.92 Å². The summed E-state index contributed by atoms with van der Waals surface area (Å²) < 4.78 is 16.7. The Labute approximate surface area is 177 Å². The zero-order valence-electron chi connectivity index (χ0n) is 16.0. The molecule has 0 aliphatic carbocycles. The molecule has 1 aliphatic heterocycles. The van der Waals surface area contributed by atoms with Gasteiger partial charge >= 0.3 is 0 Å². The molecule has 29 heavy (non-hydrogen) atoms. The molecule has 0 atom stereocenters. The number of carbonyl (C=O) groups excluding carboxylic acids is 1. The third kappa shape index (κ3) is 4.16. The molecule has 8 heteroatoms. The number of halogens is 1. The molecule has 0 saturated heterocycles. The van der Waals surface area contributed by atoms with Crippen LogP contribution in [0.4, 0.5) is 5.13 Å². The van der Waals surface area contributed by atoms with Crippen molar-refractivity contribution in [3.8, 4) is 28.5 Å². The first kappa shape index (κ1) is 19.5. The van der Waals surface area contributed by atoms with E-state index in [2.05, 4.69) is 10.3 Å². The SMILES string of the molecule is COc1ccc(C)cc1-c1csc(NC(=O)c2cc(Cl)c3c(c2)OCCCO3)n1. The maximum absolute atomic E-state index is 12.7. The van der Waals surface area contributed by atoms with Crippen LogP contribution in [-0.2, 0) is 0 Å². The van der Waals surface area contributed by atoms with Crippen LogP contribution in [0.3, 0.4) is 0 Å². The van der Waals surface area contributed by atoms with Crippen molar-refractivity contribution in [3.63, 3.8) is 0 Å². The topological polar surface area (TPSA) is 69.7 Å². The summed E-state index contributed by atoms with van der Waals surface area (Å²) in [6.45, 7) is 3.05. The smallest absolute Gasteiger partial charge is 0.257 e. The molecular weight excluding hydrogens is 412 g/mol. The number of benzene rings is 2. The lowest BCUT2D eigenvalue weighted by Crippen LogP contribution is -2.12. The molecule has 0 spiro atoms. The van der Waals surface area contributed by atoms with Crippen LogP contribution in [0.15, 0.2) is 35.7 Å². The van der Waals surface area contributed by atoms with Gasteiger partial charge in [0.25, 0.3) is 5.91 Å². The Balaban J connectivity index is 1.57. The molecule has 1 aliphatic rings. The Kier molecular flexibility index (Phi) is 5.60. The van der Waals surface area contributed by atoms with Gasteiger partial charge in [0.1, 0.15) is 5.75 Å². The minimum absolute atomic E-state index is 0.320. The number of fused-ring (bicyclic) bond motifs is 1. The largest absolute Gasteiger partial charge is 0.496 e. The molecule has 0 fully saturated rings. The van der Waals surface area contributed by atoms with Crippen molar-refractivity contribution < 1.29 is 19.0 Å². The normalized spacial score (nSPS) is 12.9. The number of amides is 1. The van der Waals surface area contributed by atoms with Gasteiger partial charge in [0, 0.05) is 22.9 Å². The fourth-order valence-electron chi connectivity index (χ4n) is 3.01. The van der Waals surface area contributed by atoms with Gasteiger partial charge in [0.15, 0.2) is 16.6 Å². The summed E-state index contributed by atoms with van der Waals surface area (Å²) in [6.07, 6.45) is 0.761. The van der Waals surface area contributed by atoms with Crippen LogP contribution in [0.2, 0.25) is 5.02 Å². The summed E-state index contributed by atoms with van der Waals surface area (Å²) >= 11 is 7.63. The van der Waals surface area contributed by atoms with E-state index in [1.165, 1.54) is 11.3 Å². The molecule has 2 aromatic carbocycles. The van der Waals surface area contributed by atoms with Crippen LogP contribution >= 0.6 is 22.9 Å². The molecule has 0 saturated carbocycles. The molecule has 4 rings (SSSR count). The molecule has 0 radical (unpaired) electrons. The average Bonchev–Trinajstić information content (AvgIpc) is 3.03. The summed E-state index contributed by atoms with van der Waals surface area (Å²) in [7, 11) is 1.62. The van der Waals surface area contributed by atoms with E-state index in [0.29, 0.717) is 40.4 Å². The van der Waals surface area contributed by atoms with E-state index in [4.69, 9.17) is 25.8 Å². The first-order valence-electron chi connectivity index (χ1n) is 9.06. The third-order valence-electron chi connectivity index (χ3n) is 4.42. The summed E-state index contributed by atoms with van der Waals surface area (Å²) in [5.74, 6) is 1.36. The number of methoxy groups -OCH3 is 1. The van der Waals surface area contributed by atoms with Crippen LogP contribution in [0.25, 0.3) is 11.3 Å². The third-order valence-corrected chi connectivity index (χ3v) is 5.46. The van der Waals surface area contributed by atoms with Crippen LogP contribution in [0.1, 0.15) is 22.3 Å². The van der Waals surface area contributed by atoms with Crippen molar-refractivity contribution in [2.45, 2.75) is 13.3 Å². The summed E-state index contributed by atoms with van der Waals surface area (Å²) in [5.41, 5.74) is 3.09. The first-order chi connectivity index (χ1) is 14.0. The molecule has 1 aromatic heterocycles. The summed E-state index contributed by atoms with van der Waals surface area (Å²) in [6, 6.07) is 9.10. The first-order valence-corrected chi connectivity index (χ1v) is 10.3. The zero-order chi connectivity index (χ0) is 20.4. The minimum Gasteiger partial charge on any atom is -0.496 e. The number of aryl methyl sites for hydroxylation is 1. The average molecular weight is 431 g/mol. The van der Waals surface area contributed by atoms with Gasteiger partial charge in [-0.15, -0.1) is 11.3 Å². The van der Waals surface area contributed by atoms with Gasteiger partial charge in [-0.3, -0.25) is 10.1 Å². The summed E-state index contributed by atoms with van der Waals surface area (Å²) in [4.78, 5) is 17.3. The van der Waals surface area contributed by atoms with Crippen molar-refractivity contribution in [2.75, 3.05) is 25.6 Å².